The average molecular weight is 474 g/mol. The molecule has 0 unspecified atom stereocenters. The van der Waals surface area contributed by atoms with Crippen molar-refractivity contribution in [1.82, 2.24) is 20.4 Å². The summed E-state index contributed by atoms with van der Waals surface area (Å²) in [7, 11) is 0. The van der Waals surface area contributed by atoms with E-state index in [2.05, 4.69) is 15.5 Å². The zero-order valence-corrected chi connectivity index (χ0v) is 18.6. The van der Waals surface area contributed by atoms with Crippen molar-refractivity contribution < 1.29 is 22.8 Å². The third-order valence-corrected chi connectivity index (χ3v) is 6.59. The van der Waals surface area contributed by atoms with Crippen LogP contribution in [0.25, 0.3) is 0 Å². The summed E-state index contributed by atoms with van der Waals surface area (Å²) in [6, 6.07) is 4.35. The minimum absolute atomic E-state index is 0.0628. The number of thioether (sulfide) groups is 1. The Labute approximate surface area is 186 Å². The fourth-order valence-corrected chi connectivity index (χ4v) is 4.67. The van der Waals surface area contributed by atoms with E-state index < -0.39 is 11.7 Å². The second-order valence-electron chi connectivity index (χ2n) is 7.22. The molecule has 0 spiro atoms. The maximum Gasteiger partial charge on any atom is 0.416 e. The Morgan fingerprint density at radius 2 is 1.77 bits per heavy atom. The lowest BCUT2D eigenvalue weighted by Gasteiger charge is -2.34. The van der Waals surface area contributed by atoms with Crippen molar-refractivity contribution in [2.75, 3.05) is 36.8 Å². The summed E-state index contributed by atoms with van der Waals surface area (Å²) in [6.07, 6.45) is -4.43. The van der Waals surface area contributed by atoms with Crippen LogP contribution in [0.15, 0.2) is 28.6 Å². The van der Waals surface area contributed by atoms with E-state index in [1.54, 1.807) is 4.90 Å². The molecule has 0 bridgehead atoms. The molecule has 168 valence electrons. The van der Waals surface area contributed by atoms with Crippen molar-refractivity contribution in [2.24, 2.45) is 0 Å². The van der Waals surface area contributed by atoms with Gasteiger partial charge in [0.05, 0.1) is 11.3 Å². The first-order valence-corrected chi connectivity index (χ1v) is 11.4. The van der Waals surface area contributed by atoms with E-state index in [1.165, 1.54) is 35.2 Å². The highest BCUT2D eigenvalue weighted by molar-refractivity contribution is 8.01. The highest BCUT2D eigenvalue weighted by atomic mass is 32.2. The Kier molecular flexibility index (Phi) is 7.42. The molecule has 0 radical (unpaired) electrons. The van der Waals surface area contributed by atoms with Gasteiger partial charge in [-0.25, -0.2) is 0 Å². The number of carbonyl (C=O) groups is 2. The lowest BCUT2D eigenvalue weighted by atomic mass is 10.1. The predicted octanol–water partition coefficient (Wildman–Crippen LogP) is 3.14. The maximum atomic E-state index is 12.7. The molecule has 2 aromatic rings. The number of benzene rings is 1. The minimum Gasteiger partial charge on any atom is -0.353 e. The number of aromatic nitrogens is 2. The summed E-state index contributed by atoms with van der Waals surface area (Å²) in [5.41, 5.74) is -0.545. The zero-order chi connectivity index (χ0) is 22.6. The molecule has 0 atom stereocenters. The van der Waals surface area contributed by atoms with Crippen molar-refractivity contribution in [3.63, 3.8) is 0 Å². The van der Waals surface area contributed by atoms with Gasteiger partial charge < -0.3 is 15.1 Å². The molecule has 1 fully saturated rings. The Hall–Kier alpha value is -2.34. The van der Waals surface area contributed by atoms with Gasteiger partial charge in [0.2, 0.25) is 11.0 Å². The highest BCUT2D eigenvalue weighted by Crippen LogP contribution is 2.30. The van der Waals surface area contributed by atoms with Crippen molar-refractivity contribution in [3.05, 3.63) is 35.4 Å². The van der Waals surface area contributed by atoms with Crippen LogP contribution in [0.3, 0.4) is 0 Å². The smallest absolute Gasteiger partial charge is 0.353 e. The maximum absolute atomic E-state index is 12.7. The SMILES string of the molecule is CC(C)NC(=O)CSc1nnc(N2CCN(C(=O)c3ccc(C(F)(F)F)cc3)CC2)s1. The lowest BCUT2D eigenvalue weighted by Crippen LogP contribution is -2.48. The summed E-state index contributed by atoms with van der Waals surface area (Å²) in [5.74, 6) is -0.0902. The number of alkyl halides is 3. The van der Waals surface area contributed by atoms with Gasteiger partial charge in [0, 0.05) is 37.8 Å². The second kappa shape index (κ2) is 9.86. The standard InChI is InChI=1S/C19H22F3N5O2S2/c1-12(2)23-15(28)11-30-18-25-24-17(31-18)27-9-7-26(8-10-27)16(29)13-3-5-14(6-4-13)19(20,21)22/h3-6,12H,7-11H2,1-2H3,(H,23,28). The molecule has 31 heavy (non-hydrogen) atoms. The lowest BCUT2D eigenvalue weighted by molar-refractivity contribution is -0.137. The largest absolute Gasteiger partial charge is 0.416 e. The quantitative estimate of drug-likeness (QED) is 0.650. The van der Waals surface area contributed by atoms with E-state index in [1.807, 2.05) is 18.7 Å². The van der Waals surface area contributed by atoms with Crippen LogP contribution in [0.4, 0.5) is 18.3 Å². The van der Waals surface area contributed by atoms with Crippen LogP contribution in [0, 0.1) is 0 Å². The molecule has 0 aliphatic carbocycles. The molecule has 7 nitrogen and oxygen atoms in total. The normalized spacial score (nSPS) is 14.8. The molecule has 1 N–H and O–H groups in total. The molecule has 1 aliphatic heterocycles. The number of rotatable bonds is 6. The number of halogens is 3. The van der Waals surface area contributed by atoms with Crippen LogP contribution in [-0.4, -0.2) is 64.9 Å². The summed E-state index contributed by atoms with van der Waals surface area (Å²) >= 11 is 2.71. The number of nitrogens with one attached hydrogen (secondary N) is 1. The van der Waals surface area contributed by atoms with Gasteiger partial charge in [-0.1, -0.05) is 23.1 Å². The molecular formula is C19H22F3N5O2S2. The minimum atomic E-state index is -4.43. The fourth-order valence-electron chi connectivity index (χ4n) is 2.96. The number of anilines is 1. The number of piperazine rings is 1. The average Bonchev–Trinajstić information content (AvgIpc) is 3.20. The van der Waals surface area contributed by atoms with Crippen molar-refractivity contribution in [3.8, 4) is 0 Å². The molecule has 1 aromatic heterocycles. The molecule has 1 aromatic carbocycles. The summed E-state index contributed by atoms with van der Waals surface area (Å²) in [5, 5.41) is 11.8. The van der Waals surface area contributed by atoms with Crippen molar-refractivity contribution >= 4 is 40.0 Å². The molecular weight excluding hydrogens is 451 g/mol. The van der Waals surface area contributed by atoms with Gasteiger partial charge in [-0.15, -0.1) is 10.2 Å². The predicted molar refractivity (Wildman–Crippen MR) is 113 cm³/mol. The molecule has 2 amide bonds. The van der Waals surface area contributed by atoms with E-state index in [0.29, 0.717) is 35.7 Å². The van der Waals surface area contributed by atoms with Crippen LogP contribution in [0.2, 0.25) is 0 Å². The number of nitrogens with zero attached hydrogens (tertiary/aromatic N) is 4. The number of hydrogen-bond acceptors (Lipinski definition) is 7. The monoisotopic (exact) mass is 473 g/mol. The van der Waals surface area contributed by atoms with Gasteiger partial charge in [-0.3, -0.25) is 9.59 Å². The first kappa shape index (κ1) is 23.3. The number of hydrogen-bond donors (Lipinski definition) is 1. The van der Waals surface area contributed by atoms with Crippen LogP contribution >= 0.6 is 23.1 Å². The van der Waals surface area contributed by atoms with Crippen molar-refractivity contribution in [1.29, 1.82) is 0 Å². The summed E-state index contributed by atoms with van der Waals surface area (Å²) < 4.78 is 38.8. The number of carbonyl (C=O) groups excluding carboxylic acids is 2. The van der Waals surface area contributed by atoms with Crippen molar-refractivity contribution in [2.45, 2.75) is 30.4 Å². The Morgan fingerprint density at radius 3 is 2.35 bits per heavy atom. The first-order chi connectivity index (χ1) is 14.6. The number of amides is 2. The molecule has 1 aliphatic rings. The van der Waals surface area contributed by atoms with Crippen LogP contribution in [0.1, 0.15) is 29.8 Å². The zero-order valence-electron chi connectivity index (χ0n) is 17.0. The van der Waals surface area contributed by atoms with Gasteiger partial charge in [0.25, 0.3) is 5.91 Å². The van der Waals surface area contributed by atoms with Gasteiger partial charge in [-0.2, -0.15) is 13.2 Å². The van der Waals surface area contributed by atoms with Gasteiger partial charge in [0.15, 0.2) is 4.34 Å². The summed E-state index contributed by atoms with van der Waals surface area (Å²) in [4.78, 5) is 28.0. The summed E-state index contributed by atoms with van der Waals surface area (Å²) in [6.45, 7) is 5.73. The molecule has 12 heteroatoms. The second-order valence-corrected chi connectivity index (χ2v) is 9.39. The van der Waals surface area contributed by atoms with E-state index in [9.17, 15) is 22.8 Å². The first-order valence-electron chi connectivity index (χ1n) is 9.60. The molecule has 3 rings (SSSR count). The third-order valence-electron chi connectivity index (χ3n) is 4.47. The van der Waals surface area contributed by atoms with Crippen LogP contribution in [-0.2, 0) is 11.0 Å². The Bertz CT molecular complexity index is 910. The molecule has 1 saturated heterocycles. The van der Waals surface area contributed by atoms with Crippen LogP contribution in [0.5, 0.6) is 0 Å². The van der Waals surface area contributed by atoms with Crippen LogP contribution < -0.4 is 10.2 Å². The Morgan fingerprint density at radius 1 is 1.13 bits per heavy atom. The third kappa shape index (κ3) is 6.33. The van der Waals surface area contributed by atoms with E-state index in [0.717, 1.165) is 12.1 Å². The van der Waals surface area contributed by atoms with Gasteiger partial charge in [-0.05, 0) is 38.1 Å². The Balaban J connectivity index is 1.51. The highest BCUT2D eigenvalue weighted by Gasteiger charge is 2.31. The molecule has 2 heterocycles. The fraction of sp³-hybridized carbons (Fsp3) is 0.474. The van der Waals surface area contributed by atoms with Gasteiger partial charge >= 0.3 is 6.18 Å². The van der Waals surface area contributed by atoms with E-state index in [4.69, 9.17) is 0 Å². The molecule has 0 saturated carbocycles. The van der Waals surface area contributed by atoms with E-state index >= 15 is 0 Å². The topological polar surface area (TPSA) is 78.4 Å². The van der Waals surface area contributed by atoms with E-state index in [-0.39, 0.29) is 29.2 Å². The van der Waals surface area contributed by atoms with Gasteiger partial charge in [0.1, 0.15) is 0 Å².